The van der Waals surface area contributed by atoms with Crippen molar-refractivity contribution in [2.45, 2.75) is 33.6 Å². The van der Waals surface area contributed by atoms with Crippen LogP contribution >= 0.6 is 11.3 Å². The fourth-order valence-electron chi connectivity index (χ4n) is 3.50. The second-order valence-electron chi connectivity index (χ2n) is 7.11. The highest BCUT2D eigenvalue weighted by atomic mass is 32.1. The van der Waals surface area contributed by atoms with Gasteiger partial charge in [0.25, 0.3) is 0 Å². The molecular weight excluding hydrogens is 332 g/mol. The van der Waals surface area contributed by atoms with Crippen molar-refractivity contribution in [3.8, 4) is 0 Å². The van der Waals surface area contributed by atoms with E-state index < -0.39 is 5.41 Å². The number of hydrogen-bond acceptors (Lipinski definition) is 3. The molecule has 4 nitrogen and oxygen atoms in total. The van der Waals surface area contributed by atoms with E-state index in [2.05, 4.69) is 10.6 Å². The number of carbonyl (C=O) groups excluding carboxylic acids is 2. The lowest BCUT2D eigenvalue weighted by Crippen LogP contribution is -2.48. The summed E-state index contributed by atoms with van der Waals surface area (Å²) in [7, 11) is 0. The lowest BCUT2D eigenvalue weighted by Gasteiger charge is -2.38. The Morgan fingerprint density at radius 1 is 1.28 bits per heavy atom. The molecule has 1 aromatic carbocycles. The maximum atomic E-state index is 13.1. The van der Waals surface area contributed by atoms with Crippen molar-refractivity contribution in [2.24, 2.45) is 17.3 Å². The molecule has 0 aliphatic carbocycles. The number of fused-ring (bicyclic) bond motifs is 1. The monoisotopic (exact) mass is 356 g/mol. The van der Waals surface area contributed by atoms with Gasteiger partial charge < -0.3 is 10.6 Å². The Bertz CT molecular complexity index is 770. The fourth-order valence-corrected chi connectivity index (χ4v) is 4.11. The van der Waals surface area contributed by atoms with Gasteiger partial charge in [-0.1, -0.05) is 32.0 Å². The first kappa shape index (κ1) is 17.7. The number of rotatable bonds is 4. The van der Waals surface area contributed by atoms with E-state index in [1.165, 1.54) is 11.3 Å². The molecule has 1 aliphatic rings. The summed E-state index contributed by atoms with van der Waals surface area (Å²) in [4.78, 5) is 26.1. The van der Waals surface area contributed by atoms with E-state index in [1.807, 2.05) is 62.5 Å². The first-order chi connectivity index (χ1) is 11.9. The Morgan fingerprint density at radius 2 is 2.04 bits per heavy atom. The first-order valence-corrected chi connectivity index (χ1v) is 9.54. The lowest BCUT2D eigenvalue weighted by molar-refractivity contribution is -0.138. The smallest absolute Gasteiger partial charge is 0.231 e. The largest absolute Gasteiger partial charge is 0.326 e. The molecule has 132 valence electrons. The van der Waals surface area contributed by atoms with E-state index in [4.69, 9.17) is 0 Å². The summed E-state index contributed by atoms with van der Waals surface area (Å²) in [6.45, 7) is 5.94. The second kappa shape index (κ2) is 7.00. The average molecular weight is 356 g/mol. The molecule has 2 N–H and O–H groups in total. The summed E-state index contributed by atoms with van der Waals surface area (Å²) >= 11 is 1.49. The molecule has 2 aromatic rings. The number of amides is 2. The molecule has 2 amide bonds. The van der Waals surface area contributed by atoms with E-state index in [-0.39, 0.29) is 23.7 Å². The van der Waals surface area contributed by atoms with Crippen LogP contribution in [-0.2, 0) is 16.0 Å². The number of aryl methyl sites for hydroxylation is 1. The van der Waals surface area contributed by atoms with Crippen LogP contribution in [0.1, 0.15) is 32.8 Å². The van der Waals surface area contributed by atoms with Crippen LogP contribution in [0.15, 0.2) is 41.8 Å². The van der Waals surface area contributed by atoms with E-state index in [0.29, 0.717) is 6.42 Å². The third-order valence-electron chi connectivity index (χ3n) is 5.46. The second-order valence-corrected chi connectivity index (χ2v) is 8.05. The van der Waals surface area contributed by atoms with Gasteiger partial charge in [0.2, 0.25) is 11.8 Å². The molecule has 0 fully saturated rings. The third kappa shape index (κ3) is 3.33. The average Bonchev–Trinajstić information content (AvgIpc) is 3.02. The SMILES string of the molecule is CC(C)C(C)(C(=O)Nc1cccs1)[C@H]1CCc2ccccc2NC1=O. The molecule has 0 saturated heterocycles. The highest BCUT2D eigenvalue weighted by Gasteiger charge is 2.48. The predicted octanol–water partition coefficient (Wildman–Crippen LogP) is 4.55. The zero-order valence-electron chi connectivity index (χ0n) is 14.8. The molecule has 3 rings (SSSR count). The standard InChI is InChI=1S/C20H24N2O2S/c1-13(2)20(3,19(24)22-17-9-6-12-25-17)15-11-10-14-7-4-5-8-16(14)21-18(15)23/h4-9,12-13,15H,10-11H2,1-3H3,(H,21,23)(H,22,24)/t15-,20?/m0/s1. The summed E-state index contributed by atoms with van der Waals surface area (Å²) in [5.74, 6) is -0.497. The number of para-hydroxylation sites is 1. The molecule has 1 aliphatic heterocycles. The van der Waals surface area contributed by atoms with Crippen LogP contribution < -0.4 is 10.6 Å². The molecule has 1 aromatic heterocycles. The molecule has 1 unspecified atom stereocenters. The maximum absolute atomic E-state index is 13.1. The van der Waals surface area contributed by atoms with Crippen LogP contribution in [0, 0.1) is 17.3 Å². The van der Waals surface area contributed by atoms with Crippen LogP contribution in [-0.4, -0.2) is 11.8 Å². The lowest BCUT2D eigenvalue weighted by atomic mass is 9.66. The number of anilines is 2. The van der Waals surface area contributed by atoms with Crippen molar-refractivity contribution >= 4 is 33.8 Å². The number of nitrogens with one attached hydrogen (secondary N) is 2. The van der Waals surface area contributed by atoms with Gasteiger partial charge in [0.05, 0.1) is 16.3 Å². The van der Waals surface area contributed by atoms with Crippen LogP contribution in [0.5, 0.6) is 0 Å². The number of thiophene rings is 1. The first-order valence-electron chi connectivity index (χ1n) is 8.66. The molecule has 25 heavy (non-hydrogen) atoms. The van der Waals surface area contributed by atoms with Gasteiger partial charge in [-0.05, 0) is 54.8 Å². The van der Waals surface area contributed by atoms with E-state index in [1.54, 1.807) is 0 Å². The Labute approximate surface area is 152 Å². The number of benzene rings is 1. The Morgan fingerprint density at radius 3 is 2.72 bits per heavy atom. The molecule has 0 spiro atoms. The van der Waals surface area contributed by atoms with E-state index in [9.17, 15) is 9.59 Å². The normalized spacial score (nSPS) is 19.5. The van der Waals surface area contributed by atoms with Gasteiger partial charge in [-0.25, -0.2) is 0 Å². The minimum Gasteiger partial charge on any atom is -0.326 e. The summed E-state index contributed by atoms with van der Waals surface area (Å²) in [6.07, 6.45) is 1.45. The van der Waals surface area contributed by atoms with Crippen LogP contribution in [0.4, 0.5) is 10.7 Å². The van der Waals surface area contributed by atoms with Gasteiger partial charge >= 0.3 is 0 Å². The molecule has 0 bridgehead atoms. The van der Waals surface area contributed by atoms with Gasteiger partial charge in [-0.2, -0.15) is 0 Å². The molecule has 2 heterocycles. The number of carbonyl (C=O) groups is 2. The van der Waals surface area contributed by atoms with Crippen LogP contribution in [0.2, 0.25) is 0 Å². The van der Waals surface area contributed by atoms with Gasteiger partial charge in [-0.3, -0.25) is 9.59 Å². The van der Waals surface area contributed by atoms with Gasteiger partial charge in [0.1, 0.15) is 0 Å². The Hall–Kier alpha value is -2.14. The van der Waals surface area contributed by atoms with Crippen molar-refractivity contribution in [1.82, 2.24) is 0 Å². The van der Waals surface area contributed by atoms with Crippen molar-refractivity contribution in [3.63, 3.8) is 0 Å². The van der Waals surface area contributed by atoms with Gasteiger partial charge in [0, 0.05) is 5.69 Å². The molecule has 0 radical (unpaired) electrons. The highest BCUT2D eigenvalue weighted by Crippen LogP contribution is 2.42. The predicted molar refractivity (Wildman–Crippen MR) is 103 cm³/mol. The van der Waals surface area contributed by atoms with Crippen molar-refractivity contribution in [3.05, 3.63) is 47.3 Å². The Kier molecular flexibility index (Phi) is 4.95. The van der Waals surface area contributed by atoms with E-state index in [0.717, 1.165) is 22.7 Å². The quantitative estimate of drug-likeness (QED) is 0.844. The highest BCUT2D eigenvalue weighted by molar-refractivity contribution is 7.14. The van der Waals surface area contributed by atoms with Crippen molar-refractivity contribution in [2.75, 3.05) is 10.6 Å². The van der Waals surface area contributed by atoms with Gasteiger partial charge in [-0.15, -0.1) is 11.3 Å². The van der Waals surface area contributed by atoms with Crippen molar-refractivity contribution < 1.29 is 9.59 Å². The summed E-state index contributed by atoms with van der Waals surface area (Å²) < 4.78 is 0. The maximum Gasteiger partial charge on any atom is 0.231 e. The molecule has 2 atom stereocenters. The minimum absolute atomic E-state index is 0.0319. The molecular formula is C20H24N2O2S. The van der Waals surface area contributed by atoms with Gasteiger partial charge in [0.15, 0.2) is 0 Å². The Balaban J connectivity index is 1.89. The van der Waals surface area contributed by atoms with Crippen molar-refractivity contribution in [1.29, 1.82) is 0 Å². The van der Waals surface area contributed by atoms with Crippen LogP contribution in [0.3, 0.4) is 0 Å². The topological polar surface area (TPSA) is 58.2 Å². The van der Waals surface area contributed by atoms with E-state index >= 15 is 0 Å². The minimum atomic E-state index is -0.782. The summed E-state index contributed by atoms with van der Waals surface area (Å²) in [5, 5.41) is 8.78. The zero-order chi connectivity index (χ0) is 18.0. The molecule has 0 saturated carbocycles. The molecule has 5 heteroatoms. The fraction of sp³-hybridized carbons (Fsp3) is 0.400. The summed E-state index contributed by atoms with van der Waals surface area (Å²) in [6, 6.07) is 11.7. The van der Waals surface area contributed by atoms with Crippen LogP contribution in [0.25, 0.3) is 0 Å². The summed E-state index contributed by atoms with van der Waals surface area (Å²) in [5.41, 5.74) is 1.21. The zero-order valence-corrected chi connectivity index (χ0v) is 15.7. The number of hydrogen-bond donors (Lipinski definition) is 2. The third-order valence-corrected chi connectivity index (χ3v) is 6.25.